The van der Waals surface area contributed by atoms with Crippen molar-refractivity contribution in [2.75, 3.05) is 6.54 Å². The Kier molecular flexibility index (Phi) is 1.71. The van der Waals surface area contributed by atoms with Crippen LogP contribution in [0, 0.1) is 5.92 Å². The summed E-state index contributed by atoms with van der Waals surface area (Å²) in [5.74, 6) is 0.517. The number of piperidine rings is 1. The highest BCUT2D eigenvalue weighted by Crippen LogP contribution is 2.07. The topological polar surface area (TPSA) is 55.1 Å². The van der Waals surface area contributed by atoms with Crippen molar-refractivity contribution in [3.05, 3.63) is 0 Å². The van der Waals surface area contributed by atoms with Crippen molar-refractivity contribution in [1.29, 1.82) is 0 Å². The maximum atomic E-state index is 10.6. The molecule has 0 radical (unpaired) electrons. The minimum Gasteiger partial charge on any atom is -0.356 e. The zero-order valence-electron chi connectivity index (χ0n) is 5.55. The van der Waals surface area contributed by atoms with Crippen LogP contribution >= 0.6 is 0 Å². The molecule has 3 nitrogen and oxygen atoms in total. The van der Waals surface area contributed by atoms with E-state index in [4.69, 9.17) is 5.73 Å². The van der Waals surface area contributed by atoms with Crippen molar-refractivity contribution >= 4 is 5.91 Å². The Hall–Kier alpha value is -0.570. The van der Waals surface area contributed by atoms with Crippen LogP contribution in [-0.2, 0) is 4.79 Å². The van der Waals surface area contributed by atoms with E-state index >= 15 is 0 Å². The number of hydrogen-bond donors (Lipinski definition) is 2. The highest BCUT2D eigenvalue weighted by molar-refractivity contribution is 5.77. The van der Waals surface area contributed by atoms with E-state index in [2.05, 4.69) is 5.32 Å². The smallest absolute Gasteiger partial charge is 0.221 e. The number of nitrogens with one attached hydrogen (secondary N) is 1. The molecule has 0 spiro atoms. The fourth-order valence-electron chi connectivity index (χ4n) is 0.914. The molecule has 3 heteroatoms. The summed E-state index contributed by atoms with van der Waals surface area (Å²) in [6.45, 7) is 2.78. The second-order valence-corrected chi connectivity index (χ2v) is 2.65. The Labute approximate surface area is 54.6 Å². The van der Waals surface area contributed by atoms with Gasteiger partial charge in [0.15, 0.2) is 0 Å². The monoisotopic (exact) mass is 128 g/mol. The van der Waals surface area contributed by atoms with E-state index in [-0.39, 0.29) is 11.9 Å². The summed E-state index contributed by atoms with van der Waals surface area (Å²) in [4.78, 5) is 10.6. The van der Waals surface area contributed by atoms with Crippen LogP contribution in [0.1, 0.15) is 13.3 Å². The lowest BCUT2D eigenvalue weighted by Gasteiger charge is -2.24. The molecule has 3 N–H and O–H groups in total. The summed E-state index contributed by atoms with van der Waals surface area (Å²) in [6, 6.07) is 0.0683. The van der Waals surface area contributed by atoms with Gasteiger partial charge in [-0.3, -0.25) is 4.79 Å². The normalized spacial score (nSPS) is 36.0. The minimum absolute atomic E-state index is 0.0683. The van der Waals surface area contributed by atoms with Gasteiger partial charge < -0.3 is 11.1 Å². The molecule has 0 bridgehead atoms. The molecule has 9 heavy (non-hydrogen) atoms. The Balaban J connectivity index is 2.44. The Morgan fingerprint density at radius 2 is 2.44 bits per heavy atom. The molecule has 0 aliphatic carbocycles. The first-order valence-electron chi connectivity index (χ1n) is 3.22. The van der Waals surface area contributed by atoms with Gasteiger partial charge in [-0.25, -0.2) is 0 Å². The molecule has 1 saturated heterocycles. The molecule has 1 aliphatic heterocycles. The standard InChI is InChI=1S/C6H12N2O/c1-4-3-8-6(9)2-5(4)7/h4-5H,2-3,7H2,1H3,(H,8,9). The molecule has 0 aromatic rings. The lowest BCUT2D eigenvalue weighted by molar-refractivity contribution is -0.123. The van der Waals surface area contributed by atoms with Gasteiger partial charge in [0.1, 0.15) is 0 Å². The van der Waals surface area contributed by atoms with Crippen molar-refractivity contribution in [3.63, 3.8) is 0 Å². The summed E-state index contributed by atoms with van der Waals surface area (Å²) >= 11 is 0. The summed E-state index contributed by atoms with van der Waals surface area (Å²) in [5, 5.41) is 2.74. The minimum atomic E-state index is 0.0683. The quantitative estimate of drug-likeness (QED) is 0.461. The molecular weight excluding hydrogens is 116 g/mol. The van der Waals surface area contributed by atoms with Gasteiger partial charge in [0.2, 0.25) is 5.91 Å². The number of amides is 1. The maximum absolute atomic E-state index is 10.6. The van der Waals surface area contributed by atoms with E-state index in [1.807, 2.05) is 6.92 Å². The van der Waals surface area contributed by atoms with E-state index in [1.54, 1.807) is 0 Å². The zero-order chi connectivity index (χ0) is 6.85. The van der Waals surface area contributed by atoms with Gasteiger partial charge in [0.25, 0.3) is 0 Å². The van der Waals surface area contributed by atoms with E-state index < -0.39 is 0 Å². The zero-order valence-corrected chi connectivity index (χ0v) is 5.55. The molecule has 1 fully saturated rings. The summed E-state index contributed by atoms with van der Waals surface area (Å²) in [7, 11) is 0. The lowest BCUT2D eigenvalue weighted by atomic mass is 9.96. The predicted molar refractivity (Wildman–Crippen MR) is 34.8 cm³/mol. The summed E-state index contributed by atoms with van der Waals surface area (Å²) < 4.78 is 0. The van der Waals surface area contributed by atoms with Crippen molar-refractivity contribution in [1.82, 2.24) is 5.32 Å². The highest BCUT2D eigenvalue weighted by atomic mass is 16.1. The third-order valence-corrected chi connectivity index (χ3v) is 1.77. The third kappa shape index (κ3) is 1.42. The van der Waals surface area contributed by atoms with Gasteiger partial charge in [-0.1, -0.05) is 6.92 Å². The van der Waals surface area contributed by atoms with Crippen LogP contribution in [0.25, 0.3) is 0 Å². The van der Waals surface area contributed by atoms with E-state index in [0.717, 1.165) is 6.54 Å². The van der Waals surface area contributed by atoms with Crippen LogP contribution in [0.5, 0.6) is 0 Å². The van der Waals surface area contributed by atoms with Crippen LogP contribution in [-0.4, -0.2) is 18.5 Å². The van der Waals surface area contributed by atoms with Crippen LogP contribution in [0.4, 0.5) is 0 Å². The number of carbonyl (C=O) groups is 1. The van der Waals surface area contributed by atoms with Gasteiger partial charge in [-0.2, -0.15) is 0 Å². The molecule has 0 saturated carbocycles. The largest absolute Gasteiger partial charge is 0.356 e. The number of nitrogens with two attached hydrogens (primary N) is 1. The average Bonchev–Trinajstić information content (AvgIpc) is 1.80. The van der Waals surface area contributed by atoms with Gasteiger partial charge in [-0.15, -0.1) is 0 Å². The second kappa shape index (κ2) is 2.35. The maximum Gasteiger partial charge on any atom is 0.221 e. The fourth-order valence-corrected chi connectivity index (χ4v) is 0.914. The summed E-state index contributed by atoms with van der Waals surface area (Å²) in [6.07, 6.45) is 0.487. The molecule has 2 unspecified atom stereocenters. The predicted octanol–water partition coefficient (Wildman–Crippen LogP) is -0.530. The second-order valence-electron chi connectivity index (χ2n) is 2.65. The van der Waals surface area contributed by atoms with E-state index in [1.165, 1.54) is 0 Å². The van der Waals surface area contributed by atoms with Gasteiger partial charge in [0, 0.05) is 19.0 Å². The van der Waals surface area contributed by atoms with Crippen molar-refractivity contribution in [2.24, 2.45) is 11.7 Å². The number of rotatable bonds is 0. The number of carbonyl (C=O) groups excluding carboxylic acids is 1. The van der Waals surface area contributed by atoms with Crippen LogP contribution < -0.4 is 11.1 Å². The van der Waals surface area contributed by atoms with Crippen molar-refractivity contribution in [3.8, 4) is 0 Å². The van der Waals surface area contributed by atoms with Gasteiger partial charge in [-0.05, 0) is 5.92 Å². The molecule has 1 amide bonds. The van der Waals surface area contributed by atoms with Crippen molar-refractivity contribution in [2.45, 2.75) is 19.4 Å². The van der Waals surface area contributed by atoms with Crippen LogP contribution in [0.15, 0.2) is 0 Å². The Morgan fingerprint density at radius 1 is 1.78 bits per heavy atom. The van der Waals surface area contributed by atoms with E-state index in [9.17, 15) is 4.79 Å². The first-order chi connectivity index (χ1) is 4.20. The third-order valence-electron chi connectivity index (χ3n) is 1.77. The molecule has 1 heterocycles. The summed E-state index contributed by atoms with van der Waals surface area (Å²) in [5.41, 5.74) is 5.61. The molecule has 1 aliphatic rings. The van der Waals surface area contributed by atoms with Gasteiger partial charge >= 0.3 is 0 Å². The molecule has 1 rings (SSSR count). The molecule has 2 atom stereocenters. The molecular formula is C6H12N2O. The lowest BCUT2D eigenvalue weighted by Crippen LogP contribution is -2.46. The number of hydrogen-bond acceptors (Lipinski definition) is 2. The van der Waals surface area contributed by atoms with Crippen LogP contribution in [0.2, 0.25) is 0 Å². The fraction of sp³-hybridized carbons (Fsp3) is 0.833. The first-order valence-corrected chi connectivity index (χ1v) is 3.22. The van der Waals surface area contributed by atoms with E-state index in [0.29, 0.717) is 12.3 Å². The molecule has 0 aromatic heterocycles. The Bertz CT molecular complexity index is 124. The highest BCUT2D eigenvalue weighted by Gasteiger charge is 2.21. The van der Waals surface area contributed by atoms with Gasteiger partial charge in [0.05, 0.1) is 0 Å². The first kappa shape index (κ1) is 6.55. The Morgan fingerprint density at radius 3 is 2.89 bits per heavy atom. The van der Waals surface area contributed by atoms with Crippen molar-refractivity contribution < 1.29 is 4.79 Å². The molecule has 52 valence electrons. The molecule has 0 aromatic carbocycles. The average molecular weight is 128 g/mol. The van der Waals surface area contributed by atoms with Crippen LogP contribution in [0.3, 0.4) is 0 Å². The SMILES string of the molecule is CC1CNC(=O)CC1N.